The van der Waals surface area contributed by atoms with Gasteiger partial charge in [-0.25, -0.2) is 15.4 Å². The second kappa shape index (κ2) is 6.06. The van der Waals surface area contributed by atoms with Crippen LogP contribution in [0, 0.1) is 13.8 Å². The average molecular weight is 268 g/mol. The summed E-state index contributed by atoms with van der Waals surface area (Å²) < 4.78 is 0. The van der Waals surface area contributed by atoms with Gasteiger partial charge in [0.05, 0.1) is 5.71 Å². The summed E-state index contributed by atoms with van der Waals surface area (Å²) >= 11 is 0. The molecule has 0 spiro atoms. The number of hydrogen-bond donors (Lipinski definition) is 1. The van der Waals surface area contributed by atoms with E-state index in [0.29, 0.717) is 0 Å². The van der Waals surface area contributed by atoms with Gasteiger partial charge in [0.1, 0.15) is 0 Å². The predicted molar refractivity (Wildman–Crippen MR) is 77.6 cm³/mol. The first kappa shape index (κ1) is 13.9. The smallest absolute Gasteiger partial charge is 0.264 e. The van der Waals surface area contributed by atoms with Crippen molar-refractivity contribution in [3.8, 4) is 0 Å². The molecule has 0 aliphatic rings. The Hall–Kier alpha value is -2.56. The first-order chi connectivity index (χ1) is 9.56. The van der Waals surface area contributed by atoms with Gasteiger partial charge >= 0.3 is 5.91 Å². The highest BCUT2D eigenvalue weighted by molar-refractivity contribution is 6.00. The molecule has 0 aliphatic carbocycles. The van der Waals surface area contributed by atoms with Crippen molar-refractivity contribution in [3.63, 3.8) is 0 Å². The Morgan fingerprint density at radius 2 is 1.70 bits per heavy atom. The molecule has 0 fully saturated rings. The van der Waals surface area contributed by atoms with E-state index in [1.807, 2.05) is 57.2 Å². The average Bonchev–Trinajstić information content (AvgIpc) is 2.44. The zero-order chi connectivity index (χ0) is 14.5. The van der Waals surface area contributed by atoms with E-state index in [2.05, 4.69) is 20.5 Å². The van der Waals surface area contributed by atoms with Gasteiger partial charge in [0.2, 0.25) is 5.82 Å². The molecule has 1 N–H and O–H groups in total. The fourth-order valence-electron chi connectivity index (χ4n) is 1.76. The van der Waals surface area contributed by atoms with E-state index < -0.39 is 5.91 Å². The number of aryl methyl sites for hydroxylation is 2. The van der Waals surface area contributed by atoms with E-state index in [0.717, 1.165) is 22.7 Å². The van der Waals surface area contributed by atoms with E-state index in [4.69, 9.17) is 0 Å². The number of amides is 1. The molecule has 20 heavy (non-hydrogen) atoms. The predicted octanol–water partition coefficient (Wildman–Crippen LogP) is 2.25. The number of nitrogens with one attached hydrogen (secondary N) is 1. The summed E-state index contributed by atoms with van der Waals surface area (Å²) in [7, 11) is 0. The maximum absolute atomic E-state index is 11.9. The summed E-state index contributed by atoms with van der Waals surface area (Å²) in [6.07, 6.45) is 0. The molecule has 0 radical (unpaired) electrons. The summed E-state index contributed by atoms with van der Waals surface area (Å²) in [6.45, 7) is 5.48. The Kier molecular flexibility index (Phi) is 4.20. The van der Waals surface area contributed by atoms with E-state index in [1.165, 1.54) is 0 Å². The fourth-order valence-corrected chi connectivity index (χ4v) is 1.76. The van der Waals surface area contributed by atoms with E-state index in [9.17, 15) is 4.79 Å². The first-order valence-corrected chi connectivity index (χ1v) is 6.28. The van der Waals surface area contributed by atoms with Crippen molar-refractivity contribution in [2.45, 2.75) is 20.8 Å². The van der Waals surface area contributed by atoms with Crippen LogP contribution in [0.4, 0.5) is 0 Å². The number of hydrogen-bond acceptors (Lipinski definition) is 4. The molecule has 0 aliphatic heterocycles. The summed E-state index contributed by atoms with van der Waals surface area (Å²) in [5.74, 6) is -0.279. The first-order valence-electron chi connectivity index (χ1n) is 6.28. The summed E-state index contributed by atoms with van der Waals surface area (Å²) in [4.78, 5) is 20.1. The topological polar surface area (TPSA) is 67.2 Å². The summed E-state index contributed by atoms with van der Waals surface area (Å²) in [5.41, 5.74) is 5.67. The monoisotopic (exact) mass is 268 g/mol. The minimum absolute atomic E-state index is 0.132. The number of carbonyl (C=O) groups is 1. The highest BCUT2D eigenvalue weighted by atomic mass is 16.2. The van der Waals surface area contributed by atoms with Gasteiger partial charge in [-0.1, -0.05) is 30.3 Å². The summed E-state index contributed by atoms with van der Waals surface area (Å²) in [6, 6.07) is 11.4. The molecule has 1 amide bonds. The van der Waals surface area contributed by atoms with Crippen LogP contribution in [-0.4, -0.2) is 21.6 Å². The molecular weight excluding hydrogens is 252 g/mol. The SMILES string of the molecule is C/C(=N/NC(=O)c1nc(C)cc(C)n1)c1ccccc1. The molecule has 1 aromatic heterocycles. The van der Waals surface area contributed by atoms with Crippen LogP contribution in [0.2, 0.25) is 0 Å². The van der Waals surface area contributed by atoms with Crippen LogP contribution in [0.5, 0.6) is 0 Å². The molecule has 0 unspecified atom stereocenters. The van der Waals surface area contributed by atoms with Crippen molar-refractivity contribution in [2.24, 2.45) is 5.10 Å². The number of aromatic nitrogens is 2. The van der Waals surface area contributed by atoms with Gasteiger partial charge in [0.25, 0.3) is 0 Å². The normalized spacial score (nSPS) is 11.2. The van der Waals surface area contributed by atoms with Gasteiger partial charge in [0, 0.05) is 11.4 Å². The van der Waals surface area contributed by atoms with Crippen LogP contribution in [0.3, 0.4) is 0 Å². The van der Waals surface area contributed by atoms with Crippen LogP contribution in [0.1, 0.15) is 34.5 Å². The number of benzene rings is 1. The van der Waals surface area contributed by atoms with Crippen molar-refractivity contribution in [3.05, 3.63) is 59.2 Å². The second-order valence-corrected chi connectivity index (χ2v) is 4.48. The minimum atomic E-state index is -0.410. The molecule has 1 heterocycles. The lowest BCUT2D eigenvalue weighted by atomic mass is 10.1. The maximum atomic E-state index is 11.9. The highest BCUT2D eigenvalue weighted by Gasteiger charge is 2.09. The van der Waals surface area contributed by atoms with Crippen molar-refractivity contribution in [1.82, 2.24) is 15.4 Å². The van der Waals surface area contributed by atoms with Gasteiger partial charge in [-0.2, -0.15) is 5.10 Å². The van der Waals surface area contributed by atoms with Crippen LogP contribution in [0.25, 0.3) is 0 Å². The molecule has 102 valence electrons. The van der Waals surface area contributed by atoms with Crippen molar-refractivity contribution in [2.75, 3.05) is 0 Å². The van der Waals surface area contributed by atoms with Crippen LogP contribution >= 0.6 is 0 Å². The molecule has 5 heteroatoms. The van der Waals surface area contributed by atoms with Gasteiger partial charge in [-0.05, 0) is 32.4 Å². The number of hydrazone groups is 1. The number of carbonyl (C=O) groups excluding carboxylic acids is 1. The number of rotatable bonds is 3. The van der Waals surface area contributed by atoms with E-state index in [1.54, 1.807) is 0 Å². The van der Waals surface area contributed by atoms with E-state index in [-0.39, 0.29) is 5.82 Å². The van der Waals surface area contributed by atoms with Crippen LogP contribution in [-0.2, 0) is 0 Å². The number of nitrogens with zero attached hydrogens (tertiary/aromatic N) is 3. The Morgan fingerprint density at radius 3 is 2.30 bits per heavy atom. The quantitative estimate of drug-likeness (QED) is 0.685. The molecular formula is C15H16N4O. The molecule has 0 atom stereocenters. The Morgan fingerprint density at radius 1 is 1.10 bits per heavy atom. The third kappa shape index (κ3) is 3.47. The van der Waals surface area contributed by atoms with Crippen LogP contribution < -0.4 is 5.43 Å². The molecule has 2 aromatic rings. The minimum Gasteiger partial charge on any atom is -0.264 e. The van der Waals surface area contributed by atoms with Gasteiger partial charge < -0.3 is 0 Å². The fraction of sp³-hybridized carbons (Fsp3) is 0.200. The van der Waals surface area contributed by atoms with Crippen molar-refractivity contribution >= 4 is 11.6 Å². The molecule has 5 nitrogen and oxygen atoms in total. The van der Waals surface area contributed by atoms with Gasteiger partial charge in [-0.15, -0.1) is 0 Å². The van der Waals surface area contributed by atoms with Gasteiger partial charge in [-0.3, -0.25) is 4.79 Å². The van der Waals surface area contributed by atoms with E-state index >= 15 is 0 Å². The second-order valence-electron chi connectivity index (χ2n) is 4.48. The molecule has 1 aromatic carbocycles. The lowest BCUT2D eigenvalue weighted by molar-refractivity contribution is 0.0944. The molecule has 0 saturated carbocycles. The Bertz CT molecular complexity index is 630. The molecule has 0 bridgehead atoms. The molecule has 0 saturated heterocycles. The summed E-state index contributed by atoms with van der Waals surface area (Å²) in [5, 5.41) is 4.07. The third-order valence-corrected chi connectivity index (χ3v) is 2.70. The lowest BCUT2D eigenvalue weighted by Crippen LogP contribution is -2.22. The van der Waals surface area contributed by atoms with Crippen molar-refractivity contribution in [1.29, 1.82) is 0 Å². The highest BCUT2D eigenvalue weighted by Crippen LogP contribution is 2.01. The third-order valence-electron chi connectivity index (χ3n) is 2.70. The molecule has 2 rings (SSSR count). The zero-order valence-corrected chi connectivity index (χ0v) is 11.7. The van der Waals surface area contributed by atoms with Gasteiger partial charge in [0.15, 0.2) is 0 Å². The largest absolute Gasteiger partial charge is 0.309 e. The standard InChI is InChI=1S/C15H16N4O/c1-10-9-11(2)17-14(16-10)15(20)19-18-12(3)13-7-5-4-6-8-13/h4-9H,1-3H3,(H,19,20)/b18-12-. The zero-order valence-electron chi connectivity index (χ0n) is 11.7. The maximum Gasteiger partial charge on any atom is 0.309 e. The Labute approximate surface area is 117 Å². The lowest BCUT2D eigenvalue weighted by Gasteiger charge is -2.03. The van der Waals surface area contributed by atoms with Crippen LogP contribution in [0.15, 0.2) is 41.5 Å². The Balaban J connectivity index is 2.12. The van der Waals surface area contributed by atoms with Crippen molar-refractivity contribution < 1.29 is 4.79 Å².